The van der Waals surface area contributed by atoms with Gasteiger partial charge in [-0.1, -0.05) is 15.3 Å². The summed E-state index contributed by atoms with van der Waals surface area (Å²) in [7, 11) is -2.92. The van der Waals surface area contributed by atoms with Gasteiger partial charge >= 0.3 is 0 Å². The lowest BCUT2D eigenvalue weighted by Gasteiger charge is -2.35. The van der Waals surface area contributed by atoms with Gasteiger partial charge in [0.15, 0.2) is 0 Å². The van der Waals surface area contributed by atoms with E-state index in [0.717, 1.165) is 0 Å². The molecule has 0 unspecified atom stereocenters. The molecule has 3 aliphatic rings. The monoisotopic (exact) mass is 266 g/mol. The molecule has 0 amide bonds. The second kappa shape index (κ2) is 14.1. The second-order valence-corrected chi connectivity index (χ2v) is 2.79. The summed E-state index contributed by atoms with van der Waals surface area (Å²) in [6.07, 6.45) is 16.6. The fourth-order valence-electron chi connectivity index (χ4n) is 0.745. The average molecular weight is 266 g/mol. The van der Waals surface area contributed by atoms with Gasteiger partial charge in [-0.15, -0.1) is 0 Å². The molecule has 3 aliphatic heterocycles. The maximum atomic E-state index is 8.42. The molecule has 0 aromatic heterocycles. The molecule has 0 radical (unpaired) electrons. The SMILES string of the molecule is C1=C[NH2+]N=C1.C1=C[NH2+]N=C1.C1=C[NH2+]N=C1.[O-]B([O-])[O-]. The number of hydrogen-bond donors (Lipinski definition) is 3. The predicted molar refractivity (Wildman–Crippen MR) is 64.4 cm³/mol. The molecule has 9 nitrogen and oxygen atoms in total. The average Bonchev–Trinajstić information content (AvgIpc) is 3.18. The Kier molecular flexibility index (Phi) is 12.7. The number of nitrogens with two attached hydrogens (primary N) is 3. The summed E-state index contributed by atoms with van der Waals surface area (Å²) in [6, 6.07) is 0. The van der Waals surface area contributed by atoms with Crippen molar-refractivity contribution in [2.24, 2.45) is 15.3 Å². The van der Waals surface area contributed by atoms with E-state index >= 15 is 0 Å². The number of hydrogen-bond acceptors (Lipinski definition) is 6. The van der Waals surface area contributed by atoms with Crippen molar-refractivity contribution in [3.63, 3.8) is 0 Å². The smallest absolute Gasteiger partial charge is 0.121 e. The van der Waals surface area contributed by atoms with Crippen molar-refractivity contribution >= 4 is 26.0 Å². The molecule has 19 heavy (non-hydrogen) atoms. The molecule has 3 heterocycles. The fraction of sp³-hybridized carbons (Fsp3) is 0. The van der Waals surface area contributed by atoms with Gasteiger partial charge in [-0.25, -0.2) is 0 Å². The normalized spacial score (nSPS) is 15.3. The van der Waals surface area contributed by atoms with Crippen molar-refractivity contribution in [2.75, 3.05) is 0 Å². The Labute approximate surface area is 110 Å². The van der Waals surface area contributed by atoms with Crippen LogP contribution in [-0.4, -0.2) is 26.0 Å². The highest BCUT2D eigenvalue weighted by atomic mass is 16.5. The molecule has 0 saturated heterocycles. The van der Waals surface area contributed by atoms with Gasteiger partial charge in [-0.2, -0.15) is 16.3 Å². The largest absolute Gasteiger partial charge is 0.907 e. The maximum absolute atomic E-state index is 8.42. The van der Waals surface area contributed by atoms with E-state index in [-0.39, 0.29) is 0 Å². The van der Waals surface area contributed by atoms with E-state index in [1.54, 1.807) is 34.9 Å². The van der Waals surface area contributed by atoms with E-state index in [1.807, 2.05) is 36.8 Å². The van der Waals surface area contributed by atoms with Gasteiger partial charge in [0.05, 0.1) is 18.6 Å². The Hall–Kier alpha value is -1.95. The lowest BCUT2D eigenvalue weighted by Crippen LogP contribution is -2.69. The zero-order chi connectivity index (χ0) is 14.2. The molecule has 0 saturated carbocycles. The van der Waals surface area contributed by atoms with Crippen molar-refractivity contribution in [3.05, 3.63) is 36.8 Å². The molecule has 3 rings (SSSR count). The maximum Gasteiger partial charge on any atom is 0.121 e. The van der Waals surface area contributed by atoms with Crippen molar-refractivity contribution < 1.29 is 31.3 Å². The fourth-order valence-corrected chi connectivity index (χ4v) is 0.745. The van der Waals surface area contributed by atoms with Crippen LogP contribution < -0.4 is 31.3 Å². The van der Waals surface area contributed by atoms with Crippen LogP contribution in [0.1, 0.15) is 0 Å². The molecule has 6 N–H and O–H groups in total. The van der Waals surface area contributed by atoms with E-state index in [9.17, 15) is 0 Å². The summed E-state index contributed by atoms with van der Waals surface area (Å²) in [5.41, 5.74) is 5.25. The van der Waals surface area contributed by atoms with Crippen molar-refractivity contribution in [2.45, 2.75) is 0 Å². The Morgan fingerprint density at radius 2 is 0.895 bits per heavy atom. The van der Waals surface area contributed by atoms with Crippen LogP contribution in [0.2, 0.25) is 0 Å². The third kappa shape index (κ3) is 18.6. The second-order valence-electron chi connectivity index (χ2n) is 2.79. The predicted octanol–water partition coefficient (Wildman–Crippen LogP) is -6.76. The first kappa shape index (κ1) is 17.1. The van der Waals surface area contributed by atoms with Gasteiger partial charge in [0, 0.05) is 18.2 Å². The summed E-state index contributed by atoms with van der Waals surface area (Å²) in [5, 5.41) is 36.4. The first-order chi connectivity index (χ1) is 9.23. The Morgan fingerprint density at radius 3 is 0.947 bits per heavy atom. The minimum atomic E-state index is -2.92. The van der Waals surface area contributed by atoms with Crippen LogP contribution in [0.15, 0.2) is 52.1 Å². The lowest BCUT2D eigenvalue weighted by atomic mass is 10.3. The number of rotatable bonds is 0. The van der Waals surface area contributed by atoms with E-state index in [0.29, 0.717) is 0 Å². The van der Waals surface area contributed by atoms with Crippen LogP contribution in [0, 0.1) is 0 Å². The van der Waals surface area contributed by atoms with Gasteiger partial charge in [0.2, 0.25) is 0 Å². The minimum absolute atomic E-state index is 1.75. The summed E-state index contributed by atoms with van der Waals surface area (Å²) in [4.78, 5) is 0. The number of allylic oxidation sites excluding steroid dienone is 3. The Morgan fingerprint density at radius 1 is 0.632 bits per heavy atom. The topological polar surface area (TPSA) is 156 Å². The Balaban J connectivity index is 0.000000229. The van der Waals surface area contributed by atoms with Crippen LogP contribution >= 0.6 is 0 Å². The molecule has 0 atom stereocenters. The molecule has 0 aliphatic carbocycles. The standard InChI is InChI=1S/3C3H4N2.BO3/c3*1-2-4-5-3-1;2-1(3)4/h3*1-3H,(H,4,5);/q;;;-3/p+3. The highest BCUT2D eigenvalue weighted by Gasteiger charge is 1.77. The highest BCUT2D eigenvalue weighted by Crippen LogP contribution is 1.58. The quantitative estimate of drug-likeness (QED) is 0.294. The molecular formula is C9H15BN6O3. The zero-order valence-electron chi connectivity index (χ0n) is 10.1. The van der Waals surface area contributed by atoms with Crippen molar-refractivity contribution in [1.29, 1.82) is 0 Å². The van der Waals surface area contributed by atoms with E-state index < -0.39 is 7.32 Å². The van der Waals surface area contributed by atoms with E-state index in [4.69, 9.17) is 15.1 Å². The van der Waals surface area contributed by atoms with Crippen molar-refractivity contribution in [1.82, 2.24) is 0 Å². The summed E-state index contributed by atoms with van der Waals surface area (Å²) in [6.45, 7) is 0. The van der Waals surface area contributed by atoms with E-state index in [1.165, 1.54) is 0 Å². The molecular weight excluding hydrogens is 251 g/mol. The van der Waals surface area contributed by atoms with Gasteiger partial charge in [-0.3, -0.25) is 7.32 Å². The third-order valence-corrected chi connectivity index (χ3v) is 1.37. The molecule has 0 bridgehead atoms. The lowest BCUT2D eigenvalue weighted by molar-refractivity contribution is -0.590. The van der Waals surface area contributed by atoms with Crippen LogP contribution in [-0.2, 0) is 0 Å². The van der Waals surface area contributed by atoms with E-state index in [2.05, 4.69) is 15.3 Å². The zero-order valence-corrected chi connectivity index (χ0v) is 10.1. The molecule has 0 aromatic carbocycles. The van der Waals surface area contributed by atoms with Crippen molar-refractivity contribution in [3.8, 4) is 0 Å². The highest BCUT2D eigenvalue weighted by molar-refractivity contribution is 6.24. The van der Waals surface area contributed by atoms with Gasteiger partial charge in [0.25, 0.3) is 0 Å². The third-order valence-electron chi connectivity index (χ3n) is 1.37. The molecule has 0 spiro atoms. The first-order valence-electron chi connectivity index (χ1n) is 5.26. The minimum Gasteiger partial charge on any atom is -0.907 e. The number of quaternary nitrogens is 3. The van der Waals surface area contributed by atoms with Crippen LogP contribution in [0.4, 0.5) is 0 Å². The molecule has 102 valence electrons. The van der Waals surface area contributed by atoms with Gasteiger partial charge in [-0.05, 0) is 0 Å². The first-order valence-corrected chi connectivity index (χ1v) is 5.26. The summed E-state index contributed by atoms with van der Waals surface area (Å²) >= 11 is 0. The summed E-state index contributed by atoms with van der Waals surface area (Å²) in [5.74, 6) is 0. The van der Waals surface area contributed by atoms with Gasteiger partial charge < -0.3 is 15.1 Å². The number of nitrogens with zero attached hydrogens (tertiary/aromatic N) is 3. The molecule has 0 aromatic rings. The van der Waals surface area contributed by atoms with Crippen LogP contribution in [0.25, 0.3) is 0 Å². The van der Waals surface area contributed by atoms with Crippen LogP contribution in [0.3, 0.4) is 0 Å². The van der Waals surface area contributed by atoms with Gasteiger partial charge in [0.1, 0.15) is 18.6 Å². The summed E-state index contributed by atoms with van der Waals surface area (Å²) < 4.78 is 0. The van der Waals surface area contributed by atoms with Crippen LogP contribution in [0.5, 0.6) is 0 Å². The Bertz CT molecular complexity index is 293. The molecule has 0 fully saturated rings. The molecule has 10 heteroatoms.